The van der Waals surface area contributed by atoms with Crippen LogP contribution in [0.3, 0.4) is 0 Å². The summed E-state index contributed by atoms with van der Waals surface area (Å²) in [6.07, 6.45) is 0.619. The summed E-state index contributed by atoms with van der Waals surface area (Å²) in [5.41, 5.74) is 3.85. The molecule has 0 aliphatic heterocycles. The van der Waals surface area contributed by atoms with E-state index in [1.54, 1.807) is 0 Å². The molecule has 2 rings (SSSR count). The van der Waals surface area contributed by atoms with Crippen LogP contribution in [0, 0.1) is 13.8 Å². The Morgan fingerprint density at radius 1 is 1.10 bits per heavy atom. The topological polar surface area (TPSA) is 49.3 Å². The van der Waals surface area contributed by atoms with E-state index >= 15 is 0 Å². The summed E-state index contributed by atoms with van der Waals surface area (Å²) in [5.74, 6) is -0.142. The van der Waals surface area contributed by atoms with E-state index in [4.69, 9.17) is 0 Å². The van der Waals surface area contributed by atoms with Crippen LogP contribution in [0.1, 0.15) is 27.0 Å². The molecule has 1 amide bonds. The van der Waals surface area contributed by atoms with Gasteiger partial charge in [0, 0.05) is 5.56 Å². The molecule has 0 aromatic heterocycles. The Hall–Kier alpha value is -2.13. The van der Waals surface area contributed by atoms with E-state index in [0.717, 1.165) is 16.7 Å². The van der Waals surface area contributed by atoms with E-state index in [-0.39, 0.29) is 18.6 Å². The van der Waals surface area contributed by atoms with E-state index in [9.17, 15) is 9.90 Å². The van der Waals surface area contributed by atoms with Crippen LogP contribution in [-0.2, 0) is 6.42 Å². The Morgan fingerprint density at radius 2 is 1.71 bits per heavy atom. The standard InChI is InChI=1S/C18H21NO2/c1-13-8-14(2)10-16(9-13)18(21)19-17(12-20)11-15-6-4-3-5-7-15/h3-10,17,20H,11-12H2,1-2H3,(H,19,21). The molecule has 0 fully saturated rings. The van der Waals surface area contributed by atoms with Crippen LogP contribution in [0.25, 0.3) is 0 Å². The van der Waals surface area contributed by atoms with Crippen molar-refractivity contribution in [3.05, 3.63) is 70.8 Å². The van der Waals surface area contributed by atoms with Crippen LogP contribution >= 0.6 is 0 Å². The maximum Gasteiger partial charge on any atom is 0.251 e. The second-order valence-electron chi connectivity index (χ2n) is 5.42. The molecule has 0 saturated carbocycles. The van der Waals surface area contributed by atoms with Crippen LogP contribution < -0.4 is 5.32 Å². The summed E-state index contributed by atoms with van der Waals surface area (Å²) < 4.78 is 0. The molecule has 2 aromatic carbocycles. The van der Waals surface area contributed by atoms with Crippen molar-refractivity contribution in [3.8, 4) is 0 Å². The van der Waals surface area contributed by atoms with Crippen LogP contribution in [0.5, 0.6) is 0 Å². The van der Waals surface area contributed by atoms with Gasteiger partial charge in [-0.3, -0.25) is 4.79 Å². The van der Waals surface area contributed by atoms with Crippen LogP contribution in [-0.4, -0.2) is 23.7 Å². The quantitative estimate of drug-likeness (QED) is 0.886. The first kappa shape index (κ1) is 15.3. The van der Waals surface area contributed by atoms with Crippen molar-refractivity contribution in [2.45, 2.75) is 26.3 Å². The van der Waals surface area contributed by atoms with Crippen LogP contribution in [0.2, 0.25) is 0 Å². The molecule has 2 N–H and O–H groups in total. The molecule has 1 atom stereocenters. The number of aliphatic hydroxyl groups excluding tert-OH is 1. The summed E-state index contributed by atoms with van der Waals surface area (Å²) >= 11 is 0. The van der Waals surface area contributed by atoms with Gasteiger partial charge in [0.05, 0.1) is 12.6 Å². The molecule has 2 aromatic rings. The van der Waals surface area contributed by atoms with Gasteiger partial charge in [0.15, 0.2) is 0 Å². The van der Waals surface area contributed by atoms with Crippen molar-refractivity contribution in [1.82, 2.24) is 5.32 Å². The van der Waals surface area contributed by atoms with Gasteiger partial charge in [-0.1, -0.05) is 47.5 Å². The van der Waals surface area contributed by atoms with Gasteiger partial charge in [-0.2, -0.15) is 0 Å². The van der Waals surface area contributed by atoms with Gasteiger partial charge in [0.1, 0.15) is 0 Å². The van der Waals surface area contributed by atoms with Crippen molar-refractivity contribution in [2.24, 2.45) is 0 Å². The molecule has 110 valence electrons. The second-order valence-corrected chi connectivity index (χ2v) is 5.42. The maximum absolute atomic E-state index is 12.3. The molecule has 0 bridgehead atoms. The molecule has 0 radical (unpaired) electrons. The average molecular weight is 283 g/mol. The maximum atomic E-state index is 12.3. The zero-order valence-electron chi connectivity index (χ0n) is 12.5. The highest BCUT2D eigenvalue weighted by Crippen LogP contribution is 2.10. The monoisotopic (exact) mass is 283 g/mol. The predicted octanol–water partition coefficient (Wildman–Crippen LogP) is 2.64. The minimum atomic E-state index is -0.277. The number of nitrogens with one attached hydrogen (secondary N) is 1. The number of aliphatic hydroxyl groups is 1. The second kappa shape index (κ2) is 7.04. The molecule has 1 unspecified atom stereocenters. The third-order valence-corrected chi connectivity index (χ3v) is 3.36. The lowest BCUT2D eigenvalue weighted by atomic mass is 10.0. The summed E-state index contributed by atoms with van der Waals surface area (Å²) in [6.45, 7) is 3.86. The van der Waals surface area contributed by atoms with Gasteiger partial charge in [-0.25, -0.2) is 0 Å². The fourth-order valence-corrected chi connectivity index (χ4v) is 2.43. The third kappa shape index (κ3) is 4.43. The van der Waals surface area contributed by atoms with Crippen LogP contribution in [0.15, 0.2) is 48.5 Å². The number of carbonyl (C=O) groups excluding carboxylic acids is 1. The Morgan fingerprint density at radius 3 is 2.29 bits per heavy atom. The summed E-state index contributed by atoms with van der Waals surface area (Å²) in [6, 6.07) is 15.3. The van der Waals surface area contributed by atoms with Gasteiger partial charge in [-0.05, 0) is 38.0 Å². The lowest BCUT2D eigenvalue weighted by molar-refractivity contribution is 0.0916. The van der Waals surface area contributed by atoms with Gasteiger partial charge in [0.25, 0.3) is 5.91 Å². The smallest absolute Gasteiger partial charge is 0.251 e. The number of aryl methyl sites for hydroxylation is 2. The Bertz CT molecular complexity index is 588. The fraction of sp³-hybridized carbons (Fsp3) is 0.278. The highest BCUT2D eigenvalue weighted by atomic mass is 16.3. The molecule has 0 aliphatic rings. The number of carbonyl (C=O) groups is 1. The van der Waals surface area contributed by atoms with Crippen LogP contribution in [0.4, 0.5) is 0 Å². The Balaban J connectivity index is 2.05. The number of hydrogen-bond donors (Lipinski definition) is 2. The zero-order valence-corrected chi connectivity index (χ0v) is 12.5. The molecule has 0 saturated heterocycles. The van der Waals surface area contributed by atoms with Crippen molar-refractivity contribution in [3.63, 3.8) is 0 Å². The number of amides is 1. The van der Waals surface area contributed by atoms with Gasteiger partial charge >= 0.3 is 0 Å². The van der Waals surface area contributed by atoms with Crippen molar-refractivity contribution >= 4 is 5.91 Å². The molecular weight excluding hydrogens is 262 g/mol. The summed E-state index contributed by atoms with van der Waals surface area (Å²) in [7, 11) is 0. The molecule has 3 heteroatoms. The molecule has 0 aliphatic carbocycles. The Kier molecular flexibility index (Phi) is 5.12. The van der Waals surface area contributed by atoms with E-state index in [2.05, 4.69) is 5.32 Å². The molecule has 21 heavy (non-hydrogen) atoms. The minimum absolute atomic E-state index is 0.0779. The highest BCUT2D eigenvalue weighted by Gasteiger charge is 2.14. The first-order valence-electron chi connectivity index (χ1n) is 7.12. The molecular formula is C18H21NO2. The first-order valence-corrected chi connectivity index (χ1v) is 7.12. The van der Waals surface area contributed by atoms with E-state index in [0.29, 0.717) is 12.0 Å². The first-order chi connectivity index (χ1) is 10.1. The lowest BCUT2D eigenvalue weighted by Crippen LogP contribution is -2.39. The normalized spacial score (nSPS) is 12.0. The SMILES string of the molecule is Cc1cc(C)cc(C(=O)NC(CO)Cc2ccccc2)c1. The lowest BCUT2D eigenvalue weighted by Gasteiger charge is -2.17. The highest BCUT2D eigenvalue weighted by molar-refractivity contribution is 5.94. The third-order valence-electron chi connectivity index (χ3n) is 3.36. The van der Waals surface area contributed by atoms with E-state index in [1.807, 2.05) is 62.4 Å². The minimum Gasteiger partial charge on any atom is -0.394 e. The number of rotatable bonds is 5. The van der Waals surface area contributed by atoms with Gasteiger partial charge in [0.2, 0.25) is 0 Å². The molecule has 0 spiro atoms. The van der Waals surface area contributed by atoms with E-state index in [1.165, 1.54) is 0 Å². The number of hydrogen-bond acceptors (Lipinski definition) is 2. The van der Waals surface area contributed by atoms with Gasteiger partial charge < -0.3 is 10.4 Å². The Labute approximate surface area is 125 Å². The molecule has 3 nitrogen and oxygen atoms in total. The predicted molar refractivity (Wildman–Crippen MR) is 84.4 cm³/mol. The summed E-state index contributed by atoms with van der Waals surface area (Å²) in [4.78, 5) is 12.3. The van der Waals surface area contributed by atoms with E-state index < -0.39 is 0 Å². The van der Waals surface area contributed by atoms with Crippen molar-refractivity contribution < 1.29 is 9.90 Å². The van der Waals surface area contributed by atoms with Gasteiger partial charge in [-0.15, -0.1) is 0 Å². The van der Waals surface area contributed by atoms with Crippen molar-refractivity contribution in [2.75, 3.05) is 6.61 Å². The largest absolute Gasteiger partial charge is 0.394 e. The average Bonchev–Trinajstić information content (AvgIpc) is 2.46. The zero-order chi connectivity index (χ0) is 15.2. The number of benzene rings is 2. The van der Waals surface area contributed by atoms with Crippen molar-refractivity contribution in [1.29, 1.82) is 0 Å². The fourth-order valence-electron chi connectivity index (χ4n) is 2.43. The molecule has 0 heterocycles. The summed E-state index contributed by atoms with van der Waals surface area (Å²) in [5, 5.41) is 12.4.